The Morgan fingerprint density at radius 2 is 2.45 bits per heavy atom. The third-order valence-corrected chi connectivity index (χ3v) is 2.06. The van der Waals surface area contributed by atoms with Crippen molar-refractivity contribution in [2.45, 2.75) is 25.4 Å². The Morgan fingerprint density at radius 3 is 3.09 bits per heavy atom. The van der Waals surface area contributed by atoms with Gasteiger partial charge < -0.3 is 5.32 Å². The van der Waals surface area contributed by atoms with Gasteiger partial charge in [0.2, 0.25) is 0 Å². The van der Waals surface area contributed by atoms with Crippen molar-refractivity contribution in [3.05, 3.63) is 12.2 Å². The number of nitrogens with zero attached hydrogens (tertiary/aromatic N) is 1. The summed E-state index contributed by atoms with van der Waals surface area (Å²) in [7, 11) is 1.89. The minimum Gasteiger partial charge on any atom is -0.300 e. The molecular weight excluding hydrogens is 138 g/mol. The number of nitrogens with one attached hydrogen (secondary N) is 1. The van der Waals surface area contributed by atoms with Gasteiger partial charge in [-0.2, -0.15) is 0 Å². The molecule has 0 aromatic carbocycles. The Bertz CT molecular complexity index is 142. The lowest BCUT2D eigenvalue weighted by atomic mass is 10.1. The van der Waals surface area contributed by atoms with E-state index in [4.69, 9.17) is 5.84 Å². The molecule has 1 saturated heterocycles. The molecule has 1 heterocycles. The Hall–Kier alpha value is -0.380. The first-order chi connectivity index (χ1) is 5.20. The zero-order valence-corrected chi connectivity index (χ0v) is 7.14. The van der Waals surface area contributed by atoms with Gasteiger partial charge in [0.05, 0.1) is 6.17 Å². The van der Waals surface area contributed by atoms with Crippen molar-refractivity contribution in [1.82, 2.24) is 10.3 Å². The second-order valence-corrected chi connectivity index (χ2v) is 3.19. The quantitative estimate of drug-likeness (QED) is 0.328. The SMILES string of the molecule is C=C1CCCNC(N(C)N)C1. The standard InChI is InChI=1S/C8H17N3/c1-7-4-3-5-10-8(6-7)11(2)9/h8,10H,1,3-6,9H2,2H3. The molecule has 1 rings (SSSR count). The molecule has 0 aliphatic carbocycles. The minimum atomic E-state index is 0.282. The van der Waals surface area contributed by atoms with E-state index < -0.39 is 0 Å². The van der Waals surface area contributed by atoms with Crippen LogP contribution in [0.3, 0.4) is 0 Å². The van der Waals surface area contributed by atoms with Crippen LogP contribution in [0.4, 0.5) is 0 Å². The van der Waals surface area contributed by atoms with Crippen LogP contribution < -0.4 is 11.2 Å². The summed E-state index contributed by atoms with van der Waals surface area (Å²) in [6.07, 6.45) is 3.58. The van der Waals surface area contributed by atoms with E-state index in [1.54, 1.807) is 5.01 Å². The Morgan fingerprint density at radius 1 is 1.73 bits per heavy atom. The largest absolute Gasteiger partial charge is 0.300 e. The van der Waals surface area contributed by atoms with E-state index in [9.17, 15) is 0 Å². The number of hydrogen-bond donors (Lipinski definition) is 2. The lowest BCUT2D eigenvalue weighted by Crippen LogP contribution is -2.46. The summed E-state index contributed by atoms with van der Waals surface area (Å²) in [6, 6.07) is 0. The lowest BCUT2D eigenvalue weighted by molar-refractivity contribution is 0.213. The lowest BCUT2D eigenvalue weighted by Gasteiger charge is -2.23. The molecule has 64 valence electrons. The van der Waals surface area contributed by atoms with Crippen molar-refractivity contribution < 1.29 is 0 Å². The number of nitrogens with two attached hydrogens (primary N) is 1. The maximum absolute atomic E-state index is 5.63. The normalized spacial score (nSPS) is 27.2. The highest BCUT2D eigenvalue weighted by Gasteiger charge is 2.14. The van der Waals surface area contributed by atoms with E-state index in [0.29, 0.717) is 0 Å². The van der Waals surface area contributed by atoms with Crippen LogP contribution in [0, 0.1) is 0 Å². The van der Waals surface area contributed by atoms with Gasteiger partial charge in [-0.1, -0.05) is 12.2 Å². The minimum absolute atomic E-state index is 0.282. The Labute approximate surface area is 68.2 Å². The van der Waals surface area contributed by atoms with Crippen LogP contribution >= 0.6 is 0 Å². The van der Waals surface area contributed by atoms with Crippen LogP contribution in [0.2, 0.25) is 0 Å². The van der Waals surface area contributed by atoms with E-state index in [1.807, 2.05) is 7.05 Å². The summed E-state index contributed by atoms with van der Waals surface area (Å²) in [5.74, 6) is 5.63. The predicted octanol–water partition coefficient (Wildman–Crippen LogP) is 0.448. The second kappa shape index (κ2) is 3.85. The topological polar surface area (TPSA) is 41.3 Å². The molecule has 0 amide bonds. The van der Waals surface area contributed by atoms with E-state index in [1.165, 1.54) is 12.0 Å². The van der Waals surface area contributed by atoms with Crippen molar-refractivity contribution in [3.8, 4) is 0 Å². The second-order valence-electron chi connectivity index (χ2n) is 3.19. The number of hydrogen-bond acceptors (Lipinski definition) is 3. The smallest absolute Gasteiger partial charge is 0.0764 e. The monoisotopic (exact) mass is 155 g/mol. The van der Waals surface area contributed by atoms with E-state index in [-0.39, 0.29) is 6.17 Å². The molecule has 0 spiro atoms. The molecule has 1 aliphatic rings. The molecule has 0 bridgehead atoms. The molecule has 1 fully saturated rings. The molecule has 3 nitrogen and oxygen atoms in total. The summed E-state index contributed by atoms with van der Waals surface area (Å²) >= 11 is 0. The van der Waals surface area contributed by atoms with Gasteiger partial charge in [0.25, 0.3) is 0 Å². The van der Waals surface area contributed by atoms with Crippen LogP contribution in [0.1, 0.15) is 19.3 Å². The van der Waals surface area contributed by atoms with Gasteiger partial charge in [0.15, 0.2) is 0 Å². The highest BCUT2D eigenvalue weighted by molar-refractivity contribution is 4.98. The van der Waals surface area contributed by atoms with Gasteiger partial charge >= 0.3 is 0 Å². The molecule has 0 aromatic heterocycles. The van der Waals surface area contributed by atoms with Gasteiger partial charge in [-0.05, 0) is 25.8 Å². The van der Waals surface area contributed by atoms with Crippen LogP contribution in [0.25, 0.3) is 0 Å². The fraction of sp³-hybridized carbons (Fsp3) is 0.750. The molecule has 0 aromatic rings. The molecule has 0 radical (unpaired) electrons. The number of rotatable bonds is 1. The third kappa shape index (κ3) is 2.61. The summed E-state index contributed by atoms with van der Waals surface area (Å²) in [5, 5.41) is 5.07. The maximum atomic E-state index is 5.63. The molecule has 1 atom stereocenters. The van der Waals surface area contributed by atoms with Gasteiger partial charge in [-0.3, -0.25) is 5.84 Å². The van der Waals surface area contributed by atoms with E-state index >= 15 is 0 Å². The van der Waals surface area contributed by atoms with Gasteiger partial charge in [0, 0.05) is 7.05 Å². The molecule has 3 N–H and O–H groups in total. The van der Waals surface area contributed by atoms with Crippen molar-refractivity contribution in [2.24, 2.45) is 5.84 Å². The van der Waals surface area contributed by atoms with Gasteiger partial charge in [0.1, 0.15) is 0 Å². The third-order valence-electron chi connectivity index (χ3n) is 2.06. The Kier molecular flexibility index (Phi) is 3.05. The Balaban J connectivity index is 2.45. The first-order valence-corrected chi connectivity index (χ1v) is 4.07. The predicted molar refractivity (Wildman–Crippen MR) is 46.7 cm³/mol. The molecule has 11 heavy (non-hydrogen) atoms. The first-order valence-electron chi connectivity index (χ1n) is 4.07. The fourth-order valence-corrected chi connectivity index (χ4v) is 1.34. The van der Waals surface area contributed by atoms with E-state index in [2.05, 4.69) is 11.9 Å². The summed E-state index contributed by atoms with van der Waals surface area (Å²) in [6.45, 7) is 5.03. The summed E-state index contributed by atoms with van der Waals surface area (Å²) < 4.78 is 0. The summed E-state index contributed by atoms with van der Waals surface area (Å²) in [5.41, 5.74) is 1.30. The highest BCUT2D eigenvalue weighted by atomic mass is 15.4. The average molecular weight is 155 g/mol. The first kappa shape index (κ1) is 8.71. The zero-order valence-electron chi connectivity index (χ0n) is 7.14. The van der Waals surface area contributed by atoms with Gasteiger partial charge in [-0.15, -0.1) is 0 Å². The van der Waals surface area contributed by atoms with Gasteiger partial charge in [-0.25, -0.2) is 5.01 Å². The van der Waals surface area contributed by atoms with E-state index in [0.717, 1.165) is 19.4 Å². The molecule has 3 heteroatoms. The fourth-order valence-electron chi connectivity index (χ4n) is 1.34. The van der Waals surface area contributed by atoms with Crippen molar-refractivity contribution >= 4 is 0 Å². The van der Waals surface area contributed by atoms with Crippen molar-refractivity contribution in [1.29, 1.82) is 0 Å². The van der Waals surface area contributed by atoms with Crippen LogP contribution in [0.5, 0.6) is 0 Å². The van der Waals surface area contributed by atoms with Crippen molar-refractivity contribution in [3.63, 3.8) is 0 Å². The molecule has 1 aliphatic heterocycles. The maximum Gasteiger partial charge on any atom is 0.0764 e. The van der Waals surface area contributed by atoms with Crippen LogP contribution in [-0.4, -0.2) is 24.8 Å². The highest BCUT2D eigenvalue weighted by Crippen LogP contribution is 2.13. The average Bonchev–Trinajstić information content (AvgIpc) is 2.13. The van der Waals surface area contributed by atoms with Crippen LogP contribution in [-0.2, 0) is 0 Å². The molecule has 0 saturated carbocycles. The van der Waals surface area contributed by atoms with Crippen molar-refractivity contribution in [2.75, 3.05) is 13.6 Å². The molecular formula is C8H17N3. The summed E-state index contributed by atoms with van der Waals surface area (Å²) in [4.78, 5) is 0. The van der Waals surface area contributed by atoms with Crippen LogP contribution in [0.15, 0.2) is 12.2 Å². The number of hydrazine groups is 1. The molecule has 1 unspecified atom stereocenters. The zero-order chi connectivity index (χ0) is 8.27.